The maximum Gasteiger partial charge on any atom is 0.0337 e. The molecule has 0 saturated carbocycles. The molecule has 0 atom stereocenters. The third kappa shape index (κ3) is 2.15. The lowest BCUT2D eigenvalue weighted by molar-refractivity contribution is 1.40. The Bertz CT molecular complexity index is 101. The van der Waals surface area contributed by atoms with E-state index < -0.39 is 0 Å². The molecule has 0 aromatic heterocycles. The molecule has 0 N–H and O–H groups in total. The third-order valence-electron chi connectivity index (χ3n) is 0.953. The van der Waals surface area contributed by atoms with Crippen LogP contribution in [0, 0.1) is 0 Å². The fourth-order valence-corrected chi connectivity index (χ4v) is 0.191. The maximum atomic E-state index is 3.91. The zero-order chi connectivity index (χ0) is 5.86. The lowest BCUT2D eigenvalue weighted by atomic mass is 10.2. The lowest BCUT2D eigenvalue weighted by Gasteiger charge is -1.90. The van der Waals surface area contributed by atoms with Crippen molar-refractivity contribution in [2.45, 2.75) is 13.8 Å². The van der Waals surface area contributed by atoms with E-state index in [1.165, 1.54) is 0 Å². The summed E-state index contributed by atoms with van der Waals surface area (Å²) in [4.78, 5) is 3.91. The van der Waals surface area contributed by atoms with Gasteiger partial charge < -0.3 is 0 Å². The van der Waals surface area contributed by atoms with E-state index in [0.29, 0.717) is 0 Å². The molecule has 0 fully saturated rings. The summed E-state index contributed by atoms with van der Waals surface area (Å²) in [5.74, 6) is 0. The monoisotopic (exact) mass is 97.1 g/mol. The van der Waals surface area contributed by atoms with Crippen LogP contribution in [0.2, 0.25) is 0 Å². The average Bonchev–Trinajstić information content (AvgIpc) is 1.65. The highest BCUT2D eigenvalue weighted by Gasteiger charge is 1.83. The molecule has 0 radical (unpaired) electrons. The van der Waals surface area contributed by atoms with Gasteiger partial charge in [0.25, 0.3) is 0 Å². The summed E-state index contributed by atoms with van der Waals surface area (Å²) in [6.07, 6.45) is 0. The summed E-state index contributed by atoms with van der Waals surface area (Å²) in [6.45, 7) is 7.59. The average molecular weight is 97.2 g/mol. The first kappa shape index (κ1) is 6.41. The largest absolute Gasteiger partial charge is 0.293 e. The number of nitrogens with zero attached hydrogens (tertiary/aromatic N) is 1. The van der Waals surface area contributed by atoms with Gasteiger partial charge in [-0.1, -0.05) is 6.58 Å². The second-order valence-electron chi connectivity index (χ2n) is 1.59. The highest BCUT2D eigenvalue weighted by Crippen LogP contribution is 1.88. The van der Waals surface area contributed by atoms with Crippen LogP contribution in [-0.4, -0.2) is 12.8 Å². The van der Waals surface area contributed by atoms with E-state index in [9.17, 15) is 0 Å². The van der Waals surface area contributed by atoms with Crippen LogP contribution in [0.3, 0.4) is 0 Å². The summed E-state index contributed by atoms with van der Waals surface area (Å²) in [5.41, 5.74) is 2.07. The van der Waals surface area contributed by atoms with Gasteiger partial charge in [0.2, 0.25) is 0 Å². The normalized spacial score (nSPS) is 11.6. The molecule has 0 aliphatic rings. The first-order chi connectivity index (χ1) is 3.18. The van der Waals surface area contributed by atoms with Gasteiger partial charge in [0, 0.05) is 12.8 Å². The number of aliphatic imine (C=N–C) groups is 1. The fourth-order valence-electron chi connectivity index (χ4n) is 0.191. The van der Waals surface area contributed by atoms with Gasteiger partial charge in [-0.25, -0.2) is 0 Å². The zero-order valence-corrected chi connectivity index (χ0v) is 5.15. The Balaban J connectivity index is 3.82. The van der Waals surface area contributed by atoms with Crippen LogP contribution in [0.5, 0.6) is 0 Å². The molecule has 0 unspecified atom stereocenters. The van der Waals surface area contributed by atoms with Crippen LogP contribution in [0.15, 0.2) is 17.1 Å². The molecule has 0 aromatic rings. The van der Waals surface area contributed by atoms with Gasteiger partial charge in [0.15, 0.2) is 0 Å². The predicted octanol–water partition coefficient (Wildman–Crippen LogP) is 1.65. The van der Waals surface area contributed by atoms with E-state index in [4.69, 9.17) is 0 Å². The predicted molar refractivity (Wildman–Crippen MR) is 33.8 cm³/mol. The number of rotatable bonds is 1. The first-order valence-corrected chi connectivity index (χ1v) is 2.27. The van der Waals surface area contributed by atoms with Crippen LogP contribution in [0.4, 0.5) is 0 Å². The topological polar surface area (TPSA) is 12.4 Å². The van der Waals surface area contributed by atoms with Crippen molar-refractivity contribution >= 4 is 5.71 Å². The van der Waals surface area contributed by atoms with E-state index >= 15 is 0 Å². The molecule has 7 heavy (non-hydrogen) atoms. The van der Waals surface area contributed by atoms with E-state index in [2.05, 4.69) is 11.6 Å². The van der Waals surface area contributed by atoms with E-state index in [-0.39, 0.29) is 0 Å². The summed E-state index contributed by atoms with van der Waals surface area (Å²) in [7, 11) is 1.77. The molecule has 0 saturated heterocycles. The minimum absolute atomic E-state index is 1.03. The van der Waals surface area contributed by atoms with Crippen molar-refractivity contribution in [2.75, 3.05) is 7.05 Å². The van der Waals surface area contributed by atoms with Gasteiger partial charge >= 0.3 is 0 Å². The van der Waals surface area contributed by atoms with E-state index in [1.54, 1.807) is 7.05 Å². The van der Waals surface area contributed by atoms with Gasteiger partial charge in [0.1, 0.15) is 0 Å². The first-order valence-electron chi connectivity index (χ1n) is 2.27. The standard InChI is InChI=1S/C6H11N/c1-5(2)6(3)7-4/h1H2,2-4H3. The Labute approximate surface area is 44.8 Å². The van der Waals surface area contributed by atoms with Crippen molar-refractivity contribution in [2.24, 2.45) is 4.99 Å². The Morgan fingerprint density at radius 2 is 1.86 bits per heavy atom. The van der Waals surface area contributed by atoms with Crippen LogP contribution in [0.1, 0.15) is 13.8 Å². The second-order valence-corrected chi connectivity index (χ2v) is 1.59. The van der Waals surface area contributed by atoms with Crippen molar-refractivity contribution in [3.8, 4) is 0 Å². The van der Waals surface area contributed by atoms with E-state index in [1.807, 2.05) is 13.8 Å². The van der Waals surface area contributed by atoms with E-state index in [0.717, 1.165) is 11.3 Å². The van der Waals surface area contributed by atoms with Crippen molar-refractivity contribution in [3.05, 3.63) is 12.2 Å². The van der Waals surface area contributed by atoms with Gasteiger partial charge in [-0.3, -0.25) is 4.99 Å². The summed E-state index contributed by atoms with van der Waals surface area (Å²) in [5, 5.41) is 0. The van der Waals surface area contributed by atoms with Crippen molar-refractivity contribution in [1.82, 2.24) is 0 Å². The molecule has 1 nitrogen and oxygen atoms in total. The van der Waals surface area contributed by atoms with Gasteiger partial charge in [-0.15, -0.1) is 0 Å². The molecular weight excluding hydrogens is 86.1 g/mol. The summed E-state index contributed by atoms with van der Waals surface area (Å²) in [6, 6.07) is 0. The van der Waals surface area contributed by atoms with Crippen LogP contribution >= 0.6 is 0 Å². The number of hydrogen-bond acceptors (Lipinski definition) is 1. The zero-order valence-electron chi connectivity index (χ0n) is 5.15. The van der Waals surface area contributed by atoms with Crippen molar-refractivity contribution in [1.29, 1.82) is 0 Å². The molecule has 40 valence electrons. The molecule has 0 spiro atoms. The van der Waals surface area contributed by atoms with Crippen LogP contribution < -0.4 is 0 Å². The molecule has 0 aliphatic heterocycles. The van der Waals surface area contributed by atoms with Crippen molar-refractivity contribution in [3.63, 3.8) is 0 Å². The lowest BCUT2D eigenvalue weighted by Crippen LogP contribution is -1.88. The number of hydrogen-bond donors (Lipinski definition) is 0. The molecule has 0 aromatic carbocycles. The Hall–Kier alpha value is -0.590. The number of allylic oxidation sites excluding steroid dienone is 1. The molecule has 0 rings (SSSR count). The van der Waals surface area contributed by atoms with Gasteiger partial charge in [-0.05, 0) is 19.4 Å². The Morgan fingerprint density at radius 1 is 1.43 bits per heavy atom. The maximum absolute atomic E-state index is 3.91. The third-order valence-corrected chi connectivity index (χ3v) is 0.953. The molecule has 0 amide bonds. The highest BCUT2D eigenvalue weighted by molar-refractivity contribution is 5.96. The summed E-state index contributed by atoms with van der Waals surface area (Å²) < 4.78 is 0. The van der Waals surface area contributed by atoms with Gasteiger partial charge in [0.05, 0.1) is 0 Å². The molecule has 1 heteroatoms. The minimum Gasteiger partial charge on any atom is -0.293 e. The van der Waals surface area contributed by atoms with Crippen LogP contribution in [0.25, 0.3) is 0 Å². The second kappa shape index (κ2) is 2.56. The Morgan fingerprint density at radius 3 is 1.86 bits per heavy atom. The highest BCUT2D eigenvalue weighted by atomic mass is 14.7. The molecule has 0 bridgehead atoms. The quantitative estimate of drug-likeness (QED) is 0.441. The SMILES string of the molecule is C=C(C)C(C)=NC. The summed E-state index contributed by atoms with van der Waals surface area (Å²) >= 11 is 0. The molecule has 0 heterocycles. The van der Waals surface area contributed by atoms with Crippen LogP contribution in [-0.2, 0) is 0 Å². The molecule has 0 aliphatic carbocycles. The molecular formula is C6H11N. The van der Waals surface area contributed by atoms with Crippen molar-refractivity contribution < 1.29 is 0 Å². The minimum atomic E-state index is 1.03. The van der Waals surface area contributed by atoms with Gasteiger partial charge in [-0.2, -0.15) is 0 Å². The smallest absolute Gasteiger partial charge is 0.0337 e. The fraction of sp³-hybridized carbons (Fsp3) is 0.500. The Kier molecular flexibility index (Phi) is 2.34.